The number of fused-ring (bicyclic) bond motifs is 1. The summed E-state index contributed by atoms with van der Waals surface area (Å²) in [4.78, 5) is 12.0. The van der Waals surface area contributed by atoms with E-state index in [0.29, 0.717) is 5.69 Å². The minimum absolute atomic E-state index is 0.0235. The zero-order valence-electron chi connectivity index (χ0n) is 14.3. The van der Waals surface area contributed by atoms with E-state index in [-0.39, 0.29) is 29.7 Å². The van der Waals surface area contributed by atoms with Gasteiger partial charge in [-0.3, -0.25) is 4.79 Å². The topological polar surface area (TPSA) is 59.0 Å². The van der Waals surface area contributed by atoms with E-state index in [1.54, 1.807) is 24.0 Å². The third-order valence-electron chi connectivity index (χ3n) is 4.40. The molecule has 0 radical (unpaired) electrons. The second-order valence-electron chi connectivity index (χ2n) is 7.13. The summed E-state index contributed by atoms with van der Waals surface area (Å²) in [5, 5.41) is 10.4. The maximum Gasteiger partial charge on any atom is 0.234 e. The van der Waals surface area contributed by atoms with E-state index in [4.69, 9.17) is 0 Å². The fourth-order valence-electron chi connectivity index (χ4n) is 3.41. The van der Waals surface area contributed by atoms with Gasteiger partial charge in [0.25, 0.3) is 0 Å². The molecular formula is C18H23FN4O. The molecule has 1 aliphatic carbocycles. The van der Waals surface area contributed by atoms with Crippen molar-refractivity contribution in [3.05, 3.63) is 47.5 Å². The summed E-state index contributed by atoms with van der Waals surface area (Å²) >= 11 is 0. The van der Waals surface area contributed by atoms with Gasteiger partial charge in [-0.1, -0.05) is 19.9 Å². The third kappa shape index (κ3) is 3.33. The molecule has 1 amide bonds. The van der Waals surface area contributed by atoms with Gasteiger partial charge in [-0.25, -0.2) is 9.07 Å². The van der Waals surface area contributed by atoms with Gasteiger partial charge in [-0.2, -0.15) is 5.10 Å². The molecule has 1 atom stereocenters. The Morgan fingerprint density at radius 3 is 2.96 bits per heavy atom. The van der Waals surface area contributed by atoms with Gasteiger partial charge < -0.3 is 10.6 Å². The summed E-state index contributed by atoms with van der Waals surface area (Å²) in [6.07, 6.45) is 3.47. The van der Waals surface area contributed by atoms with E-state index < -0.39 is 0 Å². The quantitative estimate of drug-likeness (QED) is 0.905. The lowest BCUT2D eigenvalue weighted by Crippen LogP contribution is -2.39. The van der Waals surface area contributed by atoms with Gasteiger partial charge in [-0.05, 0) is 43.5 Å². The first kappa shape index (κ1) is 16.6. The summed E-state index contributed by atoms with van der Waals surface area (Å²) < 4.78 is 15.4. The summed E-state index contributed by atoms with van der Waals surface area (Å²) in [5.74, 6) is -0.324. The molecule has 24 heavy (non-hydrogen) atoms. The van der Waals surface area contributed by atoms with Crippen molar-refractivity contribution < 1.29 is 9.18 Å². The molecule has 0 unspecified atom stereocenters. The number of halogens is 1. The Kier molecular flexibility index (Phi) is 4.41. The van der Waals surface area contributed by atoms with Crippen LogP contribution in [0.3, 0.4) is 0 Å². The number of nitrogens with zero attached hydrogens (tertiary/aromatic N) is 2. The Balaban J connectivity index is 1.98. The maximum absolute atomic E-state index is 13.6. The van der Waals surface area contributed by atoms with Crippen LogP contribution >= 0.6 is 0 Å². The van der Waals surface area contributed by atoms with Crippen LogP contribution < -0.4 is 10.6 Å². The van der Waals surface area contributed by atoms with Crippen LogP contribution in [0.5, 0.6) is 0 Å². The first-order chi connectivity index (χ1) is 11.4. The standard InChI is InChI=1S/C18H23FN4O/c1-18(2)8-15(22-17(24)11-20-3)14-10-21-23(16(14)9-18)13-6-4-5-12(19)7-13/h4-7,10,15,20H,8-9,11H2,1-3H3,(H,22,24)/t15-/m0/s1. The number of benzene rings is 1. The zero-order chi connectivity index (χ0) is 17.3. The van der Waals surface area contributed by atoms with Gasteiger partial charge in [0.2, 0.25) is 5.91 Å². The Labute approximate surface area is 141 Å². The minimum atomic E-state index is -0.286. The molecule has 2 aromatic rings. The molecule has 128 valence electrons. The van der Waals surface area contributed by atoms with Gasteiger partial charge in [0.15, 0.2) is 0 Å². The molecule has 0 saturated heterocycles. The third-order valence-corrected chi connectivity index (χ3v) is 4.40. The molecule has 0 spiro atoms. The van der Waals surface area contributed by atoms with E-state index in [0.717, 1.165) is 24.1 Å². The van der Waals surface area contributed by atoms with Crippen LogP contribution in [-0.2, 0) is 11.2 Å². The lowest BCUT2D eigenvalue weighted by molar-refractivity contribution is -0.121. The molecule has 5 nitrogen and oxygen atoms in total. The van der Waals surface area contributed by atoms with Crippen LogP contribution in [-0.4, -0.2) is 29.3 Å². The summed E-state index contributed by atoms with van der Waals surface area (Å²) in [5.41, 5.74) is 2.78. The number of hydrogen-bond donors (Lipinski definition) is 2. The second kappa shape index (κ2) is 6.36. The van der Waals surface area contributed by atoms with E-state index in [1.165, 1.54) is 12.1 Å². The Hall–Kier alpha value is -2.21. The van der Waals surface area contributed by atoms with Crippen LogP contribution in [0.25, 0.3) is 5.69 Å². The minimum Gasteiger partial charge on any atom is -0.348 e. The molecule has 0 bridgehead atoms. The molecule has 1 heterocycles. The zero-order valence-corrected chi connectivity index (χ0v) is 14.3. The SMILES string of the molecule is CNCC(=O)N[C@H]1CC(C)(C)Cc2c1cnn2-c1cccc(F)c1. The fourth-order valence-corrected chi connectivity index (χ4v) is 3.41. The molecular weight excluding hydrogens is 307 g/mol. The van der Waals surface area contributed by atoms with Crippen molar-refractivity contribution in [2.75, 3.05) is 13.6 Å². The number of carbonyl (C=O) groups is 1. The Morgan fingerprint density at radius 1 is 1.46 bits per heavy atom. The monoisotopic (exact) mass is 330 g/mol. The Bertz CT molecular complexity index is 753. The smallest absolute Gasteiger partial charge is 0.234 e. The van der Waals surface area contributed by atoms with Crippen LogP contribution in [0.4, 0.5) is 4.39 Å². The van der Waals surface area contributed by atoms with Crippen molar-refractivity contribution in [1.82, 2.24) is 20.4 Å². The molecule has 1 aromatic heterocycles. The van der Waals surface area contributed by atoms with Crippen molar-refractivity contribution in [2.24, 2.45) is 5.41 Å². The lowest BCUT2D eigenvalue weighted by atomic mass is 9.74. The molecule has 6 heteroatoms. The molecule has 1 aromatic carbocycles. The van der Waals surface area contributed by atoms with Crippen molar-refractivity contribution >= 4 is 5.91 Å². The van der Waals surface area contributed by atoms with Gasteiger partial charge in [0.1, 0.15) is 5.82 Å². The number of amides is 1. The summed E-state index contributed by atoms with van der Waals surface area (Å²) in [6, 6.07) is 6.34. The summed E-state index contributed by atoms with van der Waals surface area (Å²) in [7, 11) is 1.75. The first-order valence-electron chi connectivity index (χ1n) is 8.16. The average Bonchev–Trinajstić information content (AvgIpc) is 2.89. The van der Waals surface area contributed by atoms with Crippen molar-refractivity contribution in [3.8, 4) is 5.69 Å². The highest BCUT2D eigenvalue weighted by Gasteiger charge is 2.35. The van der Waals surface area contributed by atoms with Gasteiger partial charge in [0.05, 0.1) is 30.2 Å². The highest BCUT2D eigenvalue weighted by molar-refractivity contribution is 5.78. The molecule has 0 saturated carbocycles. The number of likely N-dealkylation sites (N-methyl/N-ethyl adjacent to an activating group) is 1. The van der Waals surface area contributed by atoms with Gasteiger partial charge in [0, 0.05) is 5.56 Å². The van der Waals surface area contributed by atoms with Crippen molar-refractivity contribution in [1.29, 1.82) is 0 Å². The van der Waals surface area contributed by atoms with E-state index in [2.05, 4.69) is 29.6 Å². The van der Waals surface area contributed by atoms with Crippen LogP contribution in [0.15, 0.2) is 30.5 Å². The van der Waals surface area contributed by atoms with Gasteiger partial charge in [-0.15, -0.1) is 0 Å². The fraction of sp³-hybridized carbons (Fsp3) is 0.444. The lowest BCUT2D eigenvalue weighted by Gasteiger charge is -2.36. The maximum atomic E-state index is 13.6. The predicted octanol–water partition coefficient (Wildman–Crippen LogP) is 2.36. The van der Waals surface area contributed by atoms with E-state index in [1.807, 2.05) is 6.07 Å². The molecule has 0 aliphatic heterocycles. The summed E-state index contributed by atoms with van der Waals surface area (Å²) in [6.45, 7) is 4.64. The van der Waals surface area contributed by atoms with Gasteiger partial charge >= 0.3 is 0 Å². The molecule has 1 aliphatic rings. The number of hydrogen-bond acceptors (Lipinski definition) is 3. The van der Waals surface area contributed by atoms with Crippen molar-refractivity contribution in [2.45, 2.75) is 32.7 Å². The molecule has 3 rings (SSSR count). The van der Waals surface area contributed by atoms with Crippen molar-refractivity contribution in [3.63, 3.8) is 0 Å². The molecule has 2 N–H and O–H groups in total. The normalized spacial score (nSPS) is 18.9. The van der Waals surface area contributed by atoms with Crippen LogP contribution in [0.1, 0.15) is 37.6 Å². The number of nitrogens with one attached hydrogen (secondary N) is 2. The largest absolute Gasteiger partial charge is 0.348 e. The van der Waals surface area contributed by atoms with E-state index in [9.17, 15) is 9.18 Å². The van der Waals surface area contributed by atoms with E-state index >= 15 is 0 Å². The van der Waals surface area contributed by atoms with Crippen LogP contribution in [0, 0.1) is 11.2 Å². The first-order valence-corrected chi connectivity index (χ1v) is 8.16. The number of carbonyl (C=O) groups excluding carboxylic acids is 1. The Morgan fingerprint density at radius 2 is 2.25 bits per heavy atom. The highest BCUT2D eigenvalue weighted by atomic mass is 19.1. The number of aromatic nitrogens is 2. The predicted molar refractivity (Wildman–Crippen MR) is 90.4 cm³/mol. The number of rotatable bonds is 4. The highest BCUT2D eigenvalue weighted by Crippen LogP contribution is 2.41. The van der Waals surface area contributed by atoms with Crippen LogP contribution in [0.2, 0.25) is 0 Å². The molecule has 0 fully saturated rings. The second-order valence-corrected chi connectivity index (χ2v) is 7.13. The average molecular weight is 330 g/mol.